The fraction of sp³-hybridized carbons (Fsp3) is 0.550. The minimum absolute atomic E-state index is 0. The maximum Gasteiger partial charge on any atom is 0.194 e. The van der Waals surface area contributed by atoms with Crippen LogP contribution in [0.25, 0.3) is 0 Å². The number of anilines is 1. The van der Waals surface area contributed by atoms with Gasteiger partial charge in [-0.3, -0.25) is 0 Å². The summed E-state index contributed by atoms with van der Waals surface area (Å²) in [5, 5.41) is 11.9. The standard InChI is InChI=1S/C20H30FN7S.HI/c1-16-24-25-19(26(16)2)15-23-20(22-9-4-14-29-3)28-12-10-27(11-13-28)18-7-5-17(21)6-8-18;/h5-8H,4,9-15H2,1-3H3,(H,22,23);1H. The fourth-order valence-corrected chi connectivity index (χ4v) is 3.68. The number of thioether (sulfide) groups is 1. The van der Waals surface area contributed by atoms with Crippen molar-refractivity contribution < 1.29 is 4.39 Å². The van der Waals surface area contributed by atoms with Gasteiger partial charge in [0, 0.05) is 45.5 Å². The topological polar surface area (TPSA) is 61.6 Å². The molecular weight excluding hydrogens is 516 g/mol. The Labute approximate surface area is 199 Å². The first kappa shape index (κ1) is 24.7. The Morgan fingerprint density at radius 2 is 1.87 bits per heavy atom. The lowest BCUT2D eigenvalue weighted by Gasteiger charge is -2.37. The lowest BCUT2D eigenvalue weighted by Crippen LogP contribution is -2.52. The van der Waals surface area contributed by atoms with Gasteiger partial charge in [0.15, 0.2) is 11.8 Å². The van der Waals surface area contributed by atoms with Gasteiger partial charge >= 0.3 is 0 Å². The van der Waals surface area contributed by atoms with Gasteiger partial charge in [0.05, 0.1) is 0 Å². The maximum atomic E-state index is 13.2. The molecule has 0 unspecified atom stereocenters. The summed E-state index contributed by atoms with van der Waals surface area (Å²) < 4.78 is 15.2. The van der Waals surface area contributed by atoms with Crippen molar-refractivity contribution in [1.29, 1.82) is 0 Å². The van der Waals surface area contributed by atoms with Crippen LogP contribution in [0.3, 0.4) is 0 Å². The summed E-state index contributed by atoms with van der Waals surface area (Å²) in [6.45, 7) is 6.82. The summed E-state index contributed by atoms with van der Waals surface area (Å²) in [7, 11) is 1.97. The second-order valence-electron chi connectivity index (χ2n) is 7.09. The van der Waals surface area contributed by atoms with E-state index in [0.717, 1.165) is 68.2 Å². The molecule has 2 heterocycles. The van der Waals surface area contributed by atoms with Crippen molar-refractivity contribution >= 4 is 47.4 Å². The number of piperazine rings is 1. The normalized spacial score (nSPS) is 14.6. The molecule has 10 heteroatoms. The first-order valence-electron chi connectivity index (χ1n) is 9.96. The van der Waals surface area contributed by atoms with Crippen molar-refractivity contribution in [3.05, 3.63) is 41.7 Å². The first-order chi connectivity index (χ1) is 14.1. The number of aryl methyl sites for hydroxylation is 1. The van der Waals surface area contributed by atoms with Crippen LogP contribution in [0.15, 0.2) is 29.3 Å². The third-order valence-electron chi connectivity index (χ3n) is 5.13. The summed E-state index contributed by atoms with van der Waals surface area (Å²) in [5.74, 6) is 3.59. The predicted molar refractivity (Wildman–Crippen MR) is 133 cm³/mol. The van der Waals surface area contributed by atoms with Crippen LogP contribution in [0.2, 0.25) is 0 Å². The largest absolute Gasteiger partial charge is 0.368 e. The molecule has 0 saturated carbocycles. The summed E-state index contributed by atoms with van der Waals surface area (Å²) in [4.78, 5) is 9.41. The van der Waals surface area contributed by atoms with E-state index in [4.69, 9.17) is 4.99 Å². The Balaban J connectivity index is 0.00000320. The number of benzene rings is 1. The van der Waals surface area contributed by atoms with E-state index in [0.29, 0.717) is 6.54 Å². The Morgan fingerprint density at radius 3 is 2.47 bits per heavy atom. The average Bonchev–Trinajstić information content (AvgIpc) is 3.06. The first-order valence-corrected chi connectivity index (χ1v) is 11.4. The summed E-state index contributed by atoms with van der Waals surface area (Å²) >= 11 is 1.85. The highest BCUT2D eigenvalue weighted by Crippen LogP contribution is 2.17. The third-order valence-corrected chi connectivity index (χ3v) is 5.83. The quantitative estimate of drug-likeness (QED) is 0.249. The molecule has 166 valence electrons. The number of aliphatic imine (C=N–C) groups is 1. The molecule has 0 aliphatic carbocycles. The lowest BCUT2D eigenvalue weighted by molar-refractivity contribution is 0.371. The van der Waals surface area contributed by atoms with Crippen molar-refractivity contribution in [1.82, 2.24) is 25.0 Å². The Hall–Kier alpha value is -1.56. The van der Waals surface area contributed by atoms with Crippen molar-refractivity contribution in [3.8, 4) is 0 Å². The number of aromatic nitrogens is 3. The Bertz CT molecular complexity index is 804. The molecule has 1 aromatic heterocycles. The molecule has 1 saturated heterocycles. The van der Waals surface area contributed by atoms with Crippen molar-refractivity contribution in [3.63, 3.8) is 0 Å². The molecule has 0 atom stereocenters. The third kappa shape index (κ3) is 6.73. The molecular formula is C20H31FIN7S. The van der Waals surface area contributed by atoms with Crippen molar-refractivity contribution in [2.75, 3.05) is 49.6 Å². The molecule has 30 heavy (non-hydrogen) atoms. The van der Waals surface area contributed by atoms with E-state index in [1.807, 2.05) is 42.4 Å². The molecule has 1 aliphatic heterocycles. The van der Waals surface area contributed by atoms with Gasteiger partial charge in [-0.2, -0.15) is 11.8 Å². The summed E-state index contributed by atoms with van der Waals surface area (Å²) in [6.07, 6.45) is 3.22. The van der Waals surface area contributed by atoms with Crippen LogP contribution in [0.4, 0.5) is 10.1 Å². The van der Waals surface area contributed by atoms with Crippen LogP contribution >= 0.6 is 35.7 Å². The highest BCUT2D eigenvalue weighted by Gasteiger charge is 2.20. The Kier molecular flexibility index (Phi) is 10.2. The molecule has 0 amide bonds. The number of rotatable bonds is 7. The van der Waals surface area contributed by atoms with Crippen LogP contribution in [0.5, 0.6) is 0 Å². The summed E-state index contributed by atoms with van der Waals surface area (Å²) in [5.41, 5.74) is 1.06. The van der Waals surface area contributed by atoms with Gasteiger partial charge in [-0.25, -0.2) is 9.38 Å². The van der Waals surface area contributed by atoms with Gasteiger partial charge in [-0.1, -0.05) is 0 Å². The molecule has 0 spiro atoms. The van der Waals surface area contributed by atoms with E-state index in [9.17, 15) is 4.39 Å². The van der Waals surface area contributed by atoms with E-state index in [1.54, 1.807) is 0 Å². The van der Waals surface area contributed by atoms with E-state index in [1.165, 1.54) is 12.1 Å². The second kappa shape index (κ2) is 12.3. The van der Waals surface area contributed by atoms with Gasteiger partial charge in [0.2, 0.25) is 0 Å². The van der Waals surface area contributed by atoms with E-state index in [2.05, 4.69) is 31.6 Å². The average molecular weight is 547 g/mol. The smallest absolute Gasteiger partial charge is 0.194 e. The number of halogens is 2. The fourth-order valence-electron chi connectivity index (χ4n) is 3.25. The number of guanidine groups is 1. The zero-order valence-electron chi connectivity index (χ0n) is 17.8. The number of hydrogen-bond acceptors (Lipinski definition) is 5. The maximum absolute atomic E-state index is 13.2. The van der Waals surface area contributed by atoms with Gasteiger partial charge in [0.25, 0.3) is 0 Å². The minimum Gasteiger partial charge on any atom is -0.368 e. The van der Waals surface area contributed by atoms with Crippen LogP contribution in [0, 0.1) is 12.7 Å². The molecule has 1 aromatic carbocycles. The molecule has 7 nitrogen and oxygen atoms in total. The van der Waals surface area contributed by atoms with E-state index < -0.39 is 0 Å². The molecule has 1 N–H and O–H groups in total. The number of nitrogens with one attached hydrogen (secondary N) is 1. The van der Waals surface area contributed by atoms with Gasteiger partial charge in [-0.15, -0.1) is 34.2 Å². The van der Waals surface area contributed by atoms with Gasteiger partial charge in [-0.05, 0) is 49.6 Å². The lowest BCUT2D eigenvalue weighted by atomic mass is 10.2. The zero-order chi connectivity index (χ0) is 20.6. The van der Waals surface area contributed by atoms with Gasteiger partial charge < -0.3 is 19.7 Å². The number of hydrogen-bond donors (Lipinski definition) is 1. The monoisotopic (exact) mass is 547 g/mol. The molecule has 2 aromatic rings. The van der Waals surface area contributed by atoms with Crippen molar-refractivity contribution in [2.45, 2.75) is 19.9 Å². The van der Waals surface area contributed by atoms with Gasteiger partial charge in [0.1, 0.15) is 18.2 Å². The van der Waals surface area contributed by atoms with Crippen LogP contribution in [0.1, 0.15) is 18.1 Å². The summed E-state index contributed by atoms with van der Waals surface area (Å²) in [6, 6.07) is 6.73. The molecule has 0 bridgehead atoms. The van der Waals surface area contributed by atoms with Crippen LogP contribution in [-0.2, 0) is 13.6 Å². The van der Waals surface area contributed by atoms with Crippen LogP contribution in [-0.4, -0.2) is 70.4 Å². The van der Waals surface area contributed by atoms with Crippen LogP contribution < -0.4 is 10.2 Å². The SMILES string of the molecule is CSCCCNC(=NCc1nnc(C)n1C)N1CCN(c2ccc(F)cc2)CC1.I. The zero-order valence-corrected chi connectivity index (χ0v) is 21.0. The number of nitrogens with zero attached hydrogens (tertiary/aromatic N) is 6. The molecule has 1 aliphatic rings. The van der Waals surface area contributed by atoms with Crippen molar-refractivity contribution in [2.24, 2.45) is 12.0 Å². The Morgan fingerprint density at radius 1 is 1.17 bits per heavy atom. The molecule has 1 fully saturated rings. The highest BCUT2D eigenvalue weighted by molar-refractivity contribution is 14.0. The van der Waals surface area contributed by atoms with E-state index >= 15 is 0 Å². The second-order valence-corrected chi connectivity index (χ2v) is 8.07. The molecule has 0 radical (unpaired) electrons. The highest BCUT2D eigenvalue weighted by atomic mass is 127. The predicted octanol–water partition coefficient (Wildman–Crippen LogP) is 2.90. The minimum atomic E-state index is -0.199. The molecule has 3 rings (SSSR count). The van der Waals surface area contributed by atoms with E-state index in [-0.39, 0.29) is 29.8 Å².